The van der Waals surface area contributed by atoms with Crippen LogP contribution in [0.1, 0.15) is 16.9 Å². The van der Waals surface area contributed by atoms with Gasteiger partial charge in [-0.3, -0.25) is 14.3 Å². The second-order valence-corrected chi connectivity index (χ2v) is 7.04. The molecule has 148 valence electrons. The van der Waals surface area contributed by atoms with Gasteiger partial charge >= 0.3 is 0 Å². The number of carbonyl (C=O) groups excluding carboxylic acids is 2. The van der Waals surface area contributed by atoms with E-state index in [9.17, 15) is 9.59 Å². The minimum Gasteiger partial charge on any atom is -0.488 e. The number of aromatic nitrogens is 2. The Balaban J connectivity index is 1.55. The lowest BCUT2D eigenvalue weighted by Crippen LogP contribution is -2.51. The topological polar surface area (TPSA) is 76.9 Å². The molecule has 2 atom stereocenters. The first-order valence-corrected chi connectivity index (χ1v) is 9.50. The molecule has 2 aromatic rings. The van der Waals surface area contributed by atoms with E-state index >= 15 is 0 Å². The molecule has 0 saturated carbocycles. The van der Waals surface area contributed by atoms with Gasteiger partial charge in [-0.2, -0.15) is 5.10 Å². The number of amides is 2. The Morgan fingerprint density at radius 3 is 2.57 bits per heavy atom. The molecular formula is C20H24N4O4. The maximum atomic E-state index is 13.2. The minimum absolute atomic E-state index is 0.0435. The number of para-hydroxylation sites is 1. The van der Waals surface area contributed by atoms with Crippen molar-refractivity contribution < 1.29 is 19.1 Å². The third kappa shape index (κ3) is 3.73. The maximum Gasteiger partial charge on any atom is 0.272 e. The van der Waals surface area contributed by atoms with Crippen LogP contribution in [0.15, 0.2) is 42.6 Å². The molecule has 2 unspecified atom stereocenters. The molecule has 1 aromatic carbocycles. The van der Waals surface area contributed by atoms with E-state index in [-0.39, 0.29) is 17.9 Å². The summed E-state index contributed by atoms with van der Waals surface area (Å²) >= 11 is 0. The van der Waals surface area contributed by atoms with E-state index in [0.29, 0.717) is 45.0 Å². The smallest absolute Gasteiger partial charge is 0.272 e. The van der Waals surface area contributed by atoms with Crippen LogP contribution in [0.3, 0.4) is 0 Å². The van der Waals surface area contributed by atoms with Gasteiger partial charge in [-0.1, -0.05) is 18.2 Å². The fourth-order valence-electron chi connectivity index (χ4n) is 3.76. The third-order valence-electron chi connectivity index (χ3n) is 5.22. The van der Waals surface area contributed by atoms with Crippen molar-refractivity contribution in [3.63, 3.8) is 0 Å². The second-order valence-electron chi connectivity index (χ2n) is 7.04. The van der Waals surface area contributed by atoms with E-state index < -0.39 is 6.04 Å². The molecule has 0 bridgehead atoms. The predicted molar refractivity (Wildman–Crippen MR) is 101 cm³/mol. The van der Waals surface area contributed by atoms with E-state index in [1.54, 1.807) is 29.1 Å². The van der Waals surface area contributed by atoms with E-state index in [2.05, 4.69) is 5.10 Å². The molecule has 28 heavy (non-hydrogen) atoms. The Bertz CT molecular complexity index is 832. The summed E-state index contributed by atoms with van der Waals surface area (Å²) in [6, 6.07) is 10.6. The highest BCUT2D eigenvalue weighted by molar-refractivity contribution is 5.96. The van der Waals surface area contributed by atoms with E-state index in [1.165, 1.54) is 4.68 Å². The highest BCUT2D eigenvalue weighted by Gasteiger charge is 2.43. The molecule has 2 aliphatic heterocycles. The van der Waals surface area contributed by atoms with Gasteiger partial charge < -0.3 is 19.3 Å². The van der Waals surface area contributed by atoms with Crippen LogP contribution in [0, 0.1) is 0 Å². The number of hydrogen-bond acceptors (Lipinski definition) is 5. The molecule has 1 aromatic heterocycles. The van der Waals surface area contributed by atoms with Crippen LogP contribution >= 0.6 is 0 Å². The summed E-state index contributed by atoms with van der Waals surface area (Å²) in [6.07, 6.45) is 1.81. The van der Waals surface area contributed by atoms with Crippen molar-refractivity contribution in [1.82, 2.24) is 19.6 Å². The molecule has 0 radical (unpaired) electrons. The predicted octanol–water partition coefficient (Wildman–Crippen LogP) is 0.941. The fraction of sp³-hybridized carbons (Fsp3) is 0.450. The van der Waals surface area contributed by atoms with Crippen LogP contribution < -0.4 is 4.74 Å². The number of benzene rings is 1. The first-order chi connectivity index (χ1) is 13.6. The number of hydrogen-bond donors (Lipinski definition) is 0. The number of morpholine rings is 1. The van der Waals surface area contributed by atoms with Gasteiger partial charge in [-0.05, 0) is 18.2 Å². The van der Waals surface area contributed by atoms with Crippen molar-refractivity contribution in [1.29, 1.82) is 0 Å². The standard InChI is InChI=1S/C20H24N4O4/c1-22-17(7-8-21-22)20(26)24-14-16(28-15-5-3-2-4-6-15)13-18(24)19(25)23-9-11-27-12-10-23/h2-8,16,18H,9-14H2,1H3. The van der Waals surface area contributed by atoms with Crippen molar-refractivity contribution in [2.24, 2.45) is 7.05 Å². The Kier molecular flexibility index (Phi) is 5.29. The highest BCUT2D eigenvalue weighted by Crippen LogP contribution is 2.26. The number of ether oxygens (including phenoxy) is 2. The number of rotatable bonds is 4. The normalized spacial score (nSPS) is 22.3. The first-order valence-electron chi connectivity index (χ1n) is 9.50. The zero-order valence-electron chi connectivity index (χ0n) is 15.9. The Labute approximate surface area is 163 Å². The van der Waals surface area contributed by atoms with Crippen molar-refractivity contribution in [2.75, 3.05) is 32.8 Å². The average molecular weight is 384 g/mol. The molecule has 2 fully saturated rings. The molecule has 0 aliphatic carbocycles. The highest BCUT2D eigenvalue weighted by atomic mass is 16.5. The first kappa shape index (κ1) is 18.5. The molecular weight excluding hydrogens is 360 g/mol. The molecule has 8 heteroatoms. The quantitative estimate of drug-likeness (QED) is 0.784. The summed E-state index contributed by atoms with van der Waals surface area (Å²) in [4.78, 5) is 29.7. The van der Waals surface area contributed by atoms with Crippen LogP contribution in [0.2, 0.25) is 0 Å². The summed E-state index contributed by atoms with van der Waals surface area (Å²) in [5, 5.41) is 4.08. The lowest BCUT2D eigenvalue weighted by atomic mass is 10.1. The summed E-state index contributed by atoms with van der Waals surface area (Å²) in [7, 11) is 1.72. The van der Waals surface area contributed by atoms with Crippen molar-refractivity contribution in [2.45, 2.75) is 18.6 Å². The molecule has 8 nitrogen and oxygen atoms in total. The maximum absolute atomic E-state index is 13.2. The Morgan fingerprint density at radius 1 is 1.14 bits per heavy atom. The lowest BCUT2D eigenvalue weighted by molar-refractivity contribution is -0.139. The zero-order valence-corrected chi connectivity index (χ0v) is 15.9. The molecule has 2 amide bonds. The summed E-state index contributed by atoms with van der Waals surface area (Å²) in [5.41, 5.74) is 0.458. The number of likely N-dealkylation sites (tertiary alicyclic amines) is 1. The number of nitrogens with zero attached hydrogens (tertiary/aromatic N) is 4. The molecule has 2 saturated heterocycles. The molecule has 0 N–H and O–H groups in total. The van der Waals surface area contributed by atoms with Crippen molar-refractivity contribution in [3.05, 3.63) is 48.3 Å². The van der Waals surface area contributed by atoms with E-state index in [1.807, 2.05) is 30.3 Å². The van der Waals surface area contributed by atoms with E-state index in [0.717, 1.165) is 5.75 Å². The monoisotopic (exact) mass is 384 g/mol. The van der Waals surface area contributed by atoms with Gasteiger partial charge in [0.25, 0.3) is 5.91 Å². The molecule has 0 spiro atoms. The van der Waals surface area contributed by atoms with Gasteiger partial charge in [-0.25, -0.2) is 0 Å². The molecule has 2 aliphatic rings. The third-order valence-corrected chi connectivity index (χ3v) is 5.22. The number of aryl methyl sites for hydroxylation is 1. The fourth-order valence-corrected chi connectivity index (χ4v) is 3.76. The number of carbonyl (C=O) groups is 2. The van der Waals surface area contributed by atoms with Crippen LogP contribution in [0.25, 0.3) is 0 Å². The zero-order chi connectivity index (χ0) is 19.5. The van der Waals surface area contributed by atoms with Crippen LogP contribution in [0.5, 0.6) is 5.75 Å². The van der Waals surface area contributed by atoms with Crippen LogP contribution in [-0.4, -0.2) is 76.4 Å². The second kappa shape index (κ2) is 8.02. The van der Waals surface area contributed by atoms with Gasteiger partial charge in [0, 0.05) is 32.8 Å². The summed E-state index contributed by atoms with van der Waals surface area (Å²) in [6.45, 7) is 2.51. The summed E-state index contributed by atoms with van der Waals surface area (Å²) < 4.78 is 12.9. The van der Waals surface area contributed by atoms with Gasteiger partial charge in [-0.15, -0.1) is 0 Å². The average Bonchev–Trinajstić information content (AvgIpc) is 3.35. The van der Waals surface area contributed by atoms with Gasteiger partial charge in [0.2, 0.25) is 5.91 Å². The van der Waals surface area contributed by atoms with Crippen LogP contribution in [-0.2, 0) is 16.6 Å². The van der Waals surface area contributed by atoms with Crippen LogP contribution in [0.4, 0.5) is 0 Å². The van der Waals surface area contributed by atoms with Crippen molar-refractivity contribution >= 4 is 11.8 Å². The minimum atomic E-state index is -0.547. The van der Waals surface area contributed by atoms with Gasteiger partial charge in [0.05, 0.1) is 19.8 Å². The SMILES string of the molecule is Cn1nccc1C(=O)N1CC(Oc2ccccc2)CC1C(=O)N1CCOCC1. The lowest BCUT2D eigenvalue weighted by Gasteiger charge is -2.32. The van der Waals surface area contributed by atoms with E-state index in [4.69, 9.17) is 9.47 Å². The van der Waals surface area contributed by atoms with Crippen molar-refractivity contribution in [3.8, 4) is 5.75 Å². The molecule has 3 heterocycles. The summed E-state index contributed by atoms with van der Waals surface area (Å²) in [5.74, 6) is 0.489. The largest absolute Gasteiger partial charge is 0.488 e. The van der Waals surface area contributed by atoms with Gasteiger partial charge in [0.1, 0.15) is 23.6 Å². The Morgan fingerprint density at radius 2 is 1.89 bits per heavy atom. The Hall–Kier alpha value is -2.87. The van der Waals surface area contributed by atoms with Gasteiger partial charge in [0.15, 0.2) is 0 Å². The molecule has 4 rings (SSSR count).